The van der Waals surface area contributed by atoms with E-state index in [1.165, 1.54) is 17.7 Å². The van der Waals surface area contributed by atoms with E-state index in [1.54, 1.807) is 26.0 Å². The first kappa shape index (κ1) is 26.8. The fourth-order valence-electron chi connectivity index (χ4n) is 3.69. The lowest BCUT2D eigenvalue weighted by Crippen LogP contribution is -2.36. The molecule has 0 spiro atoms. The summed E-state index contributed by atoms with van der Waals surface area (Å²) in [6, 6.07) is 11.6. The van der Waals surface area contributed by atoms with E-state index in [0.29, 0.717) is 10.9 Å². The van der Waals surface area contributed by atoms with Crippen LogP contribution in [0.25, 0.3) is 10.8 Å². The number of rotatable bonds is 10. The molecule has 1 fully saturated rings. The van der Waals surface area contributed by atoms with Gasteiger partial charge in [0, 0.05) is 17.1 Å². The third kappa shape index (κ3) is 6.35. The van der Waals surface area contributed by atoms with Crippen LogP contribution in [0.3, 0.4) is 0 Å². The van der Waals surface area contributed by atoms with Gasteiger partial charge in [-0.05, 0) is 32.2 Å². The molecule has 1 saturated heterocycles. The van der Waals surface area contributed by atoms with Gasteiger partial charge in [0.2, 0.25) is 0 Å². The first-order chi connectivity index (χ1) is 17.7. The van der Waals surface area contributed by atoms with Gasteiger partial charge in [0.1, 0.15) is 18.4 Å². The van der Waals surface area contributed by atoms with Crippen molar-refractivity contribution in [3.63, 3.8) is 0 Å². The number of nitrogens with one attached hydrogen (secondary N) is 2. The summed E-state index contributed by atoms with van der Waals surface area (Å²) in [7, 11) is -4.17. The van der Waals surface area contributed by atoms with Crippen molar-refractivity contribution in [1.82, 2.24) is 14.6 Å². The van der Waals surface area contributed by atoms with E-state index in [0.717, 1.165) is 5.39 Å². The second kappa shape index (κ2) is 11.4. The summed E-state index contributed by atoms with van der Waals surface area (Å²) in [5, 5.41) is 4.16. The van der Waals surface area contributed by atoms with Gasteiger partial charge in [-0.2, -0.15) is 5.09 Å². The summed E-state index contributed by atoms with van der Waals surface area (Å²) in [6.07, 6.45) is -0.468. The Hall–Kier alpha value is -3.28. The van der Waals surface area contributed by atoms with E-state index in [-0.39, 0.29) is 25.6 Å². The number of carbonyl (C=O) groups excluding carboxylic acids is 1. The number of fused-ring (bicyclic) bond motifs is 1. The third-order valence-electron chi connectivity index (χ3n) is 5.53. The standard InChI is InChI=1S/C24H28N3O9P/c1-4-32-23(29)16(3)26-37(31,36-19-11-7-9-17-8-5-6-10-18(17)19)34-14-21-33-13-20(35-21)27-12-15(2)22(28)25-24(27)30/h5-12,16,20-21H,4,13-14H2,1-3H3,(H,26,31)(H,25,28,30)/t16-,20+,21+,37?/m0/s1. The molecule has 4 atom stereocenters. The summed E-state index contributed by atoms with van der Waals surface area (Å²) < 4.78 is 42.8. The Morgan fingerprint density at radius 3 is 2.78 bits per heavy atom. The zero-order valence-electron chi connectivity index (χ0n) is 20.5. The Labute approximate surface area is 212 Å². The number of ether oxygens (including phenoxy) is 3. The molecule has 1 aliphatic rings. The summed E-state index contributed by atoms with van der Waals surface area (Å²) in [5.41, 5.74) is -0.818. The zero-order valence-corrected chi connectivity index (χ0v) is 21.4. The number of hydrogen-bond donors (Lipinski definition) is 2. The molecule has 198 valence electrons. The molecule has 4 rings (SSSR count). The molecule has 0 amide bonds. The Morgan fingerprint density at radius 1 is 1.24 bits per heavy atom. The average molecular weight is 533 g/mol. The first-order valence-electron chi connectivity index (χ1n) is 11.6. The minimum Gasteiger partial charge on any atom is -0.465 e. The molecular formula is C24H28N3O9P. The molecule has 1 unspecified atom stereocenters. The molecule has 12 nitrogen and oxygen atoms in total. The molecule has 37 heavy (non-hydrogen) atoms. The highest BCUT2D eigenvalue weighted by Crippen LogP contribution is 2.47. The van der Waals surface area contributed by atoms with Crippen molar-refractivity contribution >= 4 is 24.5 Å². The normalized spacial score (nSPS) is 19.9. The van der Waals surface area contributed by atoms with Crippen molar-refractivity contribution in [2.45, 2.75) is 39.3 Å². The SMILES string of the molecule is CCOC(=O)[C@H](C)NP(=O)(OC[C@@H]1OC[C@H](n2cc(C)c(=O)[nH]c2=O)O1)Oc1cccc2ccccc12. The molecular weight excluding hydrogens is 505 g/mol. The highest BCUT2D eigenvalue weighted by Gasteiger charge is 2.36. The van der Waals surface area contributed by atoms with Crippen LogP contribution < -0.4 is 20.9 Å². The predicted octanol–water partition coefficient (Wildman–Crippen LogP) is 2.61. The van der Waals surface area contributed by atoms with E-state index < -0.39 is 43.5 Å². The average Bonchev–Trinajstić information content (AvgIpc) is 3.34. The topological polar surface area (TPSA) is 147 Å². The molecule has 0 bridgehead atoms. The smallest absolute Gasteiger partial charge is 0.459 e. The number of aromatic nitrogens is 2. The van der Waals surface area contributed by atoms with E-state index in [4.69, 9.17) is 23.3 Å². The van der Waals surface area contributed by atoms with Crippen molar-refractivity contribution in [2.75, 3.05) is 19.8 Å². The van der Waals surface area contributed by atoms with Gasteiger partial charge in [-0.3, -0.25) is 23.7 Å². The number of aromatic amines is 1. The molecule has 3 aromatic rings. The Morgan fingerprint density at radius 2 is 2.00 bits per heavy atom. The number of esters is 1. The number of carbonyl (C=O) groups is 1. The molecule has 2 N–H and O–H groups in total. The van der Waals surface area contributed by atoms with Crippen LogP contribution in [0.5, 0.6) is 5.75 Å². The van der Waals surface area contributed by atoms with Crippen LogP contribution in [0.15, 0.2) is 58.3 Å². The Kier molecular flexibility index (Phi) is 8.25. The lowest BCUT2D eigenvalue weighted by molar-refractivity contribution is -0.144. The summed E-state index contributed by atoms with van der Waals surface area (Å²) in [4.78, 5) is 38.2. The summed E-state index contributed by atoms with van der Waals surface area (Å²) >= 11 is 0. The number of benzene rings is 2. The second-order valence-corrected chi connectivity index (χ2v) is 9.99. The highest BCUT2D eigenvalue weighted by atomic mass is 31.2. The van der Waals surface area contributed by atoms with Crippen LogP contribution >= 0.6 is 7.75 Å². The van der Waals surface area contributed by atoms with Gasteiger partial charge >= 0.3 is 19.4 Å². The molecule has 13 heteroatoms. The molecule has 2 heterocycles. The van der Waals surface area contributed by atoms with Gasteiger partial charge in [-0.1, -0.05) is 36.4 Å². The van der Waals surface area contributed by atoms with Gasteiger partial charge in [-0.25, -0.2) is 9.36 Å². The van der Waals surface area contributed by atoms with Crippen LogP contribution in [0.1, 0.15) is 25.6 Å². The Balaban J connectivity index is 1.51. The maximum Gasteiger partial charge on any atom is 0.459 e. The van der Waals surface area contributed by atoms with Crippen molar-refractivity contribution in [3.8, 4) is 5.75 Å². The lowest BCUT2D eigenvalue weighted by atomic mass is 10.1. The van der Waals surface area contributed by atoms with Crippen molar-refractivity contribution in [1.29, 1.82) is 0 Å². The zero-order chi connectivity index (χ0) is 26.6. The summed E-state index contributed by atoms with van der Waals surface area (Å²) in [6.45, 7) is 4.48. The first-order valence-corrected chi connectivity index (χ1v) is 13.2. The van der Waals surface area contributed by atoms with Crippen LogP contribution in [0.4, 0.5) is 0 Å². The molecule has 0 saturated carbocycles. The maximum atomic E-state index is 13.8. The molecule has 0 aliphatic carbocycles. The molecule has 1 aliphatic heterocycles. The van der Waals surface area contributed by atoms with Crippen molar-refractivity contribution in [3.05, 3.63) is 75.1 Å². The number of aryl methyl sites for hydroxylation is 1. The molecule has 0 radical (unpaired) electrons. The minimum absolute atomic E-state index is 0.0133. The number of H-pyrrole nitrogens is 1. The monoisotopic (exact) mass is 533 g/mol. The minimum atomic E-state index is -4.17. The lowest BCUT2D eigenvalue weighted by Gasteiger charge is -2.24. The van der Waals surface area contributed by atoms with Crippen LogP contribution in [-0.2, 0) is 28.1 Å². The predicted molar refractivity (Wildman–Crippen MR) is 133 cm³/mol. The third-order valence-corrected chi connectivity index (χ3v) is 7.16. The van der Waals surface area contributed by atoms with Gasteiger partial charge in [0.05, 0.1) is 13.2 Å². The fourth-order valence-corrected chi connectivity index (χ4v) is 5.18. The van der Waals surface area contributed by atoms with Crippen LogP contribution in [0, 0.1) is 6.92 Å². The van der Waals surface area contributed by atoms with Gasteiger partial charge in [0.25, 0.3) is 5.56 Å². The van der Waals surface area contributed by atoms with E-state index in [2.05, 4.69) is 10.1 Å². The maximum absolute atomic E-state index is 13.8. The summed E-state index contributed by atoms with van der Waals surface area (Å²) in [5.74, 6) is -0.347. The van der Waals surface area contributed by atoms with Crippen LogP contribution in [0.2, 0.25) is 0 Å². The van der Waals surface area contributed by atoms with E-state index in [9.17, 15) is 18.9 Å². The number of nitrogens with zero attached hydrogens (tertiary/aromatic N) is 1. The quantitative estimate of drug-likeness (QED) is 0.294. The highest BCUT2D eigenvalue weighted by molar-refractivity contribution is 7.52. The van der Waals surface area contributed by atoms with E-state index in [1.807, 2.05) is 30.3 Å². The molecule has 1 aromatic heterocycles. The van der Waals surface area contributed by atoms with Crippen LogP contribution in [-0.4, -0.2) is 47.7 Å². The Bertz CT molecular complexity index is 1430. The van der Waals surface area contributed by atoms with Crippen molar-refractivity contribution < 1.29 is 32.6 Å². The van der Waals surface area contributed by atoms with E-state index >= 15 is 0 Å². The molecule has 2 aromatic carbocycles. The van der Waals surface area contributed by atoms with Gasteiger partial charge in [0.15, 0.2) is 12.5 Å². The largest absolute Gasteiger partial charge is 0.465 e. The second-order valence-electron chi connectivity index (χ2n) is 8.30. The number of hydrogen-bond acceptors (Lipinski definition) is 9. The van der Waals surface area contributed by atoms with Gasteiger partial charge in [-0.15, -0.1) is 0 Å². The van der Waals surface area contributed by atoms with Crippen molar-refractivity contribution in [2.24, 2.45) is 0 Å². The van der Waals surface area contributed by atoms with Gasteiger partial charge < -0.3 is 18.7 Å². The fraction of sp³-hybridized carbons (Fsp3) is 0.375.